The molecule has 0 radical (unpaired) electrons. The number of hydrogen-bond donors (Lipinski definition) is 2. The van der Waals surface area contributed by atoms with Gasteiger partial charge in [-0.25, -0.2) is 4.98 Å². The average molecular weight is 336 g/mol. The predicted octanol–water partition coefficient (Wildman–Crippen LogP) is 3.27. The van der Waals surface area contributed by atoms with Gasteiger partial charge < -0.3 is 10.6 Å². The quantitative estimate of drug-likeness (QED) is 0.807. The molecule has 2 N–H and O–H groups in total. The summed E-state index contributed by atoms with van der Waals surface area (Å²) in [5, 5.41) is 32.7. The number of hydrogen-bond acceptors (Lipinski definition) is 7. The second kappa shape index (κ2) is 7.73. The predicted molar refractivity (Wildman–Crippen MR) is 90.6 cm³/mol. The molecule has 1 aromatic carbocycles. The summed E-state index contributed by atoms with van der Waals surface area (Å²) in [7, 11) is 0. The van der Waals surface area contributed by atoms with Crippen LogP contribution in [0, 0.1) is 34.0 Å². The van der Waals surface area contributed by atoms with E-state index in [0.717, 1.165) is 11.1 Å². The molecule has 0 saturated heterocycles. The van der Waals surface area contributed by atoms with Crippen LogP contribution in [0.1, 0.15) is 19.8 Å². The third-order valence-electron chi connectivity index (χ3n) is 2.97. The van der Waals surface area contributed by atoms with E-state index in [1.165, 1.54) is 11.3 Å². The number of rotatable bonds is 5. The molecule has 0 spiro atoms. The minimum atomic E-state index is -0.283. The van der Waals surface area contributed by atoms with Crippen LogP contribution in [0.15, 0.2) is 29.5 Å². The van der Waals surface area contributed by atoms with Crippen molar-refractivity contribution in [1.82, 2.24) is 4.98 Å². The molecule has 0 aliphatic heterocycles. The van der Waals surface area contributed by atoms with Crippen LogP contribution in [0.3, 0.4) is 0 Å². The van der Waals surface area contributed by atoms with Gasteiger partial charge in [-0.3, -0.25) is 4.79 Å². The van der Waals surface area contributed by atoms with Crippen LogP contribution in [0.2, 0.25) is 0 Å². The molecule has 0 fully saturated rings. The van der Waals surface area contributed by atoms with E-state index in [-0.39, 0.29) is 17.2 Å². The Morgan fingerprint density at radius 2 is 1.96 bits per heavy atom. The van der Waals surface area contributed by atoms with E-state index in [4.69, 9.17) is 15.8 Å². The molecule has 8 heteroatoms. The van der Waals surface area contributed by atoms with Crippen LogP contribution in [0.25, 0.3) is 10.2 Å². The number of amides is 1. The molecule has 0 unspecified atom stereocenters. The van der Waals surface area contributed by atoms with Crippen LogP contribution >= 0.6 is 11.3 Å². The molecular weight excluding hydrogens is 324 g/mol. The van der Waals surface area contributed by atoms with Crippen molar-refractivity contribution >= 4 is 38.3 Å². The van der Waals surface area contributed by atoms with Crippen molar-refractivity contribution in [1.29, 1.82) is 15.8 Å². The highest BCUT2D eigenvalue weighted by atomic mass is 32.1. The maximum absolute atomic E-state index is 11.6. The van der Waals surface area contributed by atoms with Gasteiger partial charge in [0.05, 0.1) is 10.2 Å². The first-order valence-electron chi connectivity index (χ1n) is 7.03. The molecule has 24 heavy (non-hydrogen) atoms. The SMILES string of the molecule is CCCC(=O)Nc1nc2ccc(NC(C#N)=C(C#N)C#N)cc2s1. The summed E-state index contributed by atoms with van der Waals surface area (Å²) >= 11 is 1.31. The molecule has 0 saturated carbocycles. The Bertz CT molecular complexity index is 922. The van der Waals surface area contributed by atoms with Gasteiger partial charge in [-0.2, -0.15) is 15.8 Å². The van der Waals surface area contributed by atoms with Crippen LogP contribution in [0.4, 0.5) is 10.8 Å². The minimum Gasteiger partial charge on any atom is -0.345 e. The molecule has 118 valence electrons. The van der Waals surface area contributed by atoms with Crippen molar-refractivity contribution in [2.24, 2.45) is 0 Å². The number of anilines is 2. The summed E-state index contributed by atoms with van der Waals surface area (Å²) in [5.74, 6) is -0.0858. The summed E-state index contributed by atoms with van der Waals surface area (Å²) in [5.41, 5.74) is 0.868. The Balaban J connectivity index is 2.28. The summed E-state index contributed by atoms with van der Waals surface area (Å²) in [6.07, 6.45) is 1.19. The maximum atomic E-state index is 11.6. The zero-order chi connectivity index (χ0) is 17.5. The number of thiazole rings is 1. The maximum Gasteiger partial charge on any atom is 0.226 e. The number of nitrogens with one attached hydrogen (secondary N) is 2. The third-order valence-corrected chi connectivity index (χ3v) is 3.90. The first kappa shape index (κ1) is 17.0. The Labute approximate surface area is 142 Å². The molecule has 1 aromatic heterocycles. The molecule has 7 nitrogen and oxygen atoms in total. The van der Waals surface area contributed by atoms with Gasteiger partial charge in [0, 0.05) is 12.1 Å². The lowest BCUT2D eigenvalue weighted by molar-refractivity contribution is -0.116. The van der Waals surface area contributed by atoms with Gasteiger partial charge in [0.15, 0.2) is 10.7 Å². The average Bonchev–Trinajstić information content (AvgIpc) is 2.96. The molecule has 1 amide bonds. The van der Waals surface area contributed by atoms with Gasteiger partial charge in [-0.15, -0.1) is 0 Å². The number of nitrogens with zero attached hydrogens (tertiary/aromatic N) is 4. The van der Waals surface area contributed by atoms with Gasteiger partial charge in [-0.05, 0) is 24.6 Å². The Hall–Kier alpha value is -3.41. The first-order valence-corrected chi connectivity index (χ1v) is 7.85. The number of carbonyl (C=O) groups is 1. The Morgan fingerprint density at radius 1 is 1.21 bits per heavy atom. The number of nitriles is 3. The van der Waals surface area contributed by atoms with Crippen molar-refractivity contribution in [3.63, 3.8) is 0 Å². The minimum absolute atomic E-state index is 0.0858. The summed E-state index contributed by atoms with van der Waals surface area (Å²) in [6.45, 7) is 1.92. The molecule has 2 aromatic rings. The fourth-order valence-electron chi connectivity index (χ4n) is 1.89. The standard InChI is InChI=1S/C16H12N6OS/c1-2-3-15(23)22-16-21-12-5-4-11(6-14(12)24-16)20-13(9-19)10(7-17)8-18/h4-6,20H,2-3H2,1H3,(H,21,22,23). The molecule has 2 rings (SSSR count). The first-order chi connectivity index (χ1) is 11.6. The van der Waals surface area contributed by atoms with Gasteiger partial charge in [0.25, 0.3) is 0 Å². The van der Waals surface area contributed by atoms with Gasteiger partial charge in [0.2, 0.25) is 5.91 Å². The molecular formula is C16H12N6OS. The molecule has 0 atom stereocenters. The van der Waals surface area contributed by atoms with E-state index in [0.29, 0.717) is 22.8 Å². The van der Waals surface area contributed by atoms with Gasteiger partial charge in [-0.1, -0.05) is 18.3 Å². The summed E-state index contributed by atoms with van der Waals surface area (Å²) in [6, 6.07) is 10.3. The highest BCUT2D eigenvalue weighted by molar-refractivity contribution is 7.22. The Kier molecular flexibility index (Phi) is 5.46. The molecule has 0 aliphatic carbocycles. The fourth-order valence-corrected chi connectivity index (χ4v) is 2.81. The lowest BCUT2D eigenvalue weighted by Crippen LogP contribution is -2.09. The highest BCUT2D eigenvalue weighted by Crippen LogP contribution is 2.29. The monoisotopic (exact) mass is 336 g/mol. The summed E-state index contributed by atoms with van der Waals surface area (Å²) < 4.78 is 0.805. The van der Waals surface area contributed by atoms with E-state index < -0.39 is 0 Å². The topological polar surface area (TPSA) is 125 Å². The molecule has 0 bridgehead atoms. The van der Waals surface area contributed by atoms with E-state index in [1.54, 1.807) is 36.4 Å². The van der Waals surface area contributed by atoms with E-state index in [9.17, 15) is 4.79 Å². The number of carbonyl (C=O) groups excluding carboxylic acids is 1. The van der Waals surface area contributed by atoms with Crippen molar-refractivity contribution < 1.29 is 4.79 Å². The van der Waals surface area contributed by atoms with Gasteiger partial charge >= 0.3 is 0 Å². The largest absolute Gasteiger partial charge is 0.345 e. The van der Waals surface area contributed by atoms with Crippen molar-refractivity contribution in [3.8, 4) is 18.2 Å². The van der Waals surface area contributed by atoms with Crippen LogP contribution in [-0.4, -0.2) is 10.9 Å². The van der Waals surface area contributed by atoms with E-state index >= 15 is 0 Å². The van der Waals surface area contributed by atoms with Crippen LogP contribution < -0.4 is 10.6 Å². The van der Waals surface area contributed by atoms with E-state index in [1.807, 2.05) is 6.92 Å². The number of aromatic nitrogens is 1. The molecule has 1 heterocycles. The molecule has 0 aliphatic rings. The number of fused-ring (bicyclic) bond motifs is 1. The van der Waals surface area contributed by atoms with Crippen LogP contribution in [-0.2, 0) is 4.79 Å². The zero-order valence-electron chi connectivity index (χ0n) is 12.8. The van der Waals surface area contributed by atoms with Crippen LogP contribution in [0.5, 0.6) is 0 Å². The number of allylic oxidation sites excluding steroid dienone is 2. The second-order valence-electron chi connectivity index (χ2n) is 4.71. The number of benzene rings is 1. The van der Waals surface area contributed by atoms with Crippen molar-refractivity contribution in [3.05, 3.63) is 29.5 Å². The van der Waals surface area contributed by atoms with Gasteiger partial charge in [0.1, 0.15) is 23.9 Å². The van der Waals surface area contributed by atoms with Crippen molar-refractivity contribution in [2.75, 3.05) is 10.6 Å². The highest BCUT2D eigenvalue weighted by Gasteiger charge is 2.10. The lowest BCUT2D eigenvalue weighted by atomic mass is 10.2. The fraction of sp³-hybridized carbons (Fsp3) is 0.188. The normalized spacial score (nSPS) is 9.42. The Morgan fingerprint density at radius 3 is 2.58 bits per heavy atom. The lowest BCUT2D eigenvalue weighted by Gasteiger charge is -2.03. The smallest absolute Gasteiger partial charge is 0.226 e. The third kappa shape index (κ3) is 3.86. The van der Waals surface area contributed by atoms with Crippen molar-refractivity contribution in [2.45, 2.75) is 19.8 Å². The van der Waals surface area contributed by atoms with E-state index in [2.05, 4.69) is 15.6 Å². The second-order valence-corrected chi connectivity index (χ2v) is 5.74. The zero-order valence-corrected chi connectivity index (χ0v) is 13.6. The summed E-state index contributed by atoms with van der Waals surface area (Å²) in [4.78, 5) is 15.9.